The number of carbonyl (C=O) groups excluding carboxylic acids is 1. The number of ether oxygens (including phenoxy) is 1. The van der Waals surface area contributed by atoms with E-state index in [9.17, 15) is 4.79 Å². The highest BCUT2D eigenvalue weighted by Gasteiger charge is 2.10. The van der Waals surface area contributed by atoms with Gasteiger partial charge in [0.05, 0.1) is 5.52 Å². The molecule has 0 unspecified atom stereocenters. The molecule has 1 N–H and O–H groups in total. The van der Waals surface area contributed by atoms with E-state index in [0.717, 1.165) is 22.2 Å². The van der Waals surface area contributed by atoms with Gasteiger partial charge in [0.25, 0.3) is 0 Å². The van der Waals surface area contributed by atoms with Crippen molar-refractivity contribution in [2.45, 2.75) is 13.2 Å². The summed E-state index contributed by atoms with van der Waals surface area (Å²) in [5, 5.41) is 6.23. The summed E-state index contributed by atoms with van der Waals surface area (Å²) >= 11 is 1.40. The van der Waals surface area contributed by atoms with Crippen LogP contribution in [0.1, 0.15) is 5.56 Å². The van der Waals surface area contributed by atoms with Gasteiger partial charge in [-0.25, -0.2) is 4.98 Å². The largest absolute Gasteiger partial charge is 0.488 e. The van der Waals surface area contributed by atoms with E-state index in [0.29, 0.717) is 11.7 Å². The Labute approximate surface area is 154 Å². The number of nitrogens with one attached hydrogen (secondary N) is 1. The molecule has 5 nitrogen and oxygen atoms in total. The van der Waals surface area contributed by atoms with Crippen LogP contribution in [0, 0.1) is 0 Å². The van der Waals surface area contributed by atoms with E-state index in [1.165, 1.54) is 11.3 Å². The Kier molecular flexibility index (Phi) is 4.66. The molecule has 0 aliphatic heterocycles. The van der Waals surface area contributed by atoms with Gasteiger partial charge in [0, 0.05) is 23.2 Å². The van der Waals surface area contributed by atoms with Crippen molar-refractivity contribution in [3.05, 3.63) is 77.9 Å². The lowest BCUT2D eigenvalue weighted by molar-refractivity contribution is -0.116. The van der Waals surface area contributed by atoms with Crippen LogP contribution in [0.3, 0.4) is 0 Å². The molecule has 0 spiro atoms. The van der Waals surface area contributed by atoms with Crippen LogP contribution < -0.4 is 10.1 Å². The predicted molar refractivity (Wildman–Crippen MR) is 103 cm³/mol. The number of anilines is 1. The number of hydrogen-bond acceptors (Lipinski definition) is 4. The molecule has 0 aliphatic rings. The molecule has 130 valence electrons. The topological polar surface area (TPSA) is 56.1 Å². The second-order valence-electron chi connectivity index (χ2n) is 5.79. The third-order valence-electron chi connectivity index (χ3n) is 4.00. The van der Waals surface area contributed by atoms with Gasteiger partial charge >= 0.3 is 0 Å². The van der Waals surface area contributed by atoms with Crippen molar-refractivity contribution in [1.29, 1.82) is 0 Å². The van der Waals surface area contributed by atoms with Crippen molar-refractivity contribution in [3.63, 3.8) is 0 Å². The molecule has 2 aromatic heterocycles. The third-order valence-corrected chi connectivity index (χ3v) is 4.69. The first kappa shape index (κ1) is 16.4. The summed E-state index contributed by atoms with van der Waals surface area (Å²) in [5.41, 5.74) is 2.08. The first-order valence-corrected chi connectivity index (χ1v) is 9.11. The zero-order chi connectivity index (χ0) is 17.8. The second kappa shape index (κ2) is 7.41. The van der Waals surface area contributed by atoms with Crippen LogP contribution in [0.5, 0.6) is 5.75 Å². The molecule has 2 heterocycles. The fourth-order valence-electron chi connectivity index (χ4n) is 2.79. The van der Waals surface area contributed by atoms with E-state index in [4.69, 9.17) is 4.74 Å². The predicted octanol–water partition coefficient (Wildman–Crippen LogP) is 4.32. The molecule has 0 saturated carbocycles. The Morgan fingerprint density at radius 2 is 2.00 bits per heavy atom. The Hall–Kier alpha value is -3.12. The van der Waals surface area contributed by atoms with Gasteiger partial charge in [0.15, 0.2) is 5.13 Å². The molecule has 6 heteroatoms. The van der Waals surface area contributed by atoms with Crippen LogP contribution in [0.4, 0.5) is 5.13 Å². The summed E-state index contributed by atoms with van der Waals surface area (Å²) in [6, 6.07) is 17.9. The maximum absolute atomic E-state index is 12.2. The molecule has 0 fully saturated rings. The second-order valence-corrected chi connectivity index (χ2v) is 6.69. The average Bonchev–Trinajstić information content (AvgIpc) is 3.31. The Morgan fingerprint density at radius 1 is 1.12 bits per heavy atom. The summed E-state index contributed by atoms with van der Waals surface area (Å²) in [7, 11) is 0. The molecule has 1 amide bonds. The lowest BCUT2D eigenvalue weighted by atomic mass is 10.2. The van der Waals surface area contributed by atoms with Gasteiger partial charge in [0.1, 0.15) is 18.9 Å². The molecular weight excluding hydrogens is 346 g/mol. The fraction of sp³-hybridized carbons (Fsp3) is 0.100. The summed E-state index contributed by atoms with van der Waals surface area (Å²) in [6.45, 7) is 0.737. The molecule has 0 saturated heterocycles. The van der Waals surface area contributed by atoms with Crippen LogP contribution in [0.2, 0.25) is 0 Å². The Bertz CT molecular complexity index is 1010. The smallest absolute Gasteiger partial charge is 0.246 e. The van der Waals surface area contributed by atoms with E-state index < -0.39 is 0 Å². The van der Waals surface area contributed by atoms with Crippen LogP contribution in [-0.2, 0) is 17.9 Å². The summed E-state index contributed by atoms with van der Waals surface area (Å²) < 4.78 is 7.90. The molecule has 26 heavy (non-hydrogen) atoms. The van der Waals surface area contributed by atoms with Gasteiger partial charge in [-0.2, -0.15) is 0 Å². The van der Waals surface area contributed by atoms with E-state index in [-0.39, 0.29) is 12.5 Å². The van der Waals surface area contributed by atoms with Gasteiger partial charge in [-0.05, 0) is 23.8 Å². The lowest BCUT2D eigenvalue weighted by Crippen LogP contribution is -2.18. The van der Waals surface area contributed by atoms with Crippen molar-refractivity contribution >= 4 is 33.3 Å². The summed E-state index contributed by atoms with van der Waals surface area (Å²) in [6.07, 6.45) is 3.57. The number of benzene rings is 2. The maximum Gasteiger partial charge on any atom is 0.246 e. The third kappa shape index (κ3) is 3.60. The summed E-state index contributed by atoms with van der Waals surface area (Å²) in [5.74, 6) is 0.707. The first-order chi connectivity index (χ1) is 12.8. The first-order valence-electron chi connectivity index (χ1n) is 8.23. The van der Waals surface area contributed by atoms with Crippen LogP contribution in [0.25, 0.3) is 10.9 Å². The summed E-state index contributed by atoms with van der Waals surface area (Å²) in [4.78, 5) is 16.3. The minimum Gasteiger partial charge on any atom is -0.488 e. The number of nitrogens with zero attached hydrogens (tertiary/aromatic N) is 2. The van der Waals surface area contributed by atoms with E-state index in [1.54, 1.807) is 6.20 Å². The van der Waals surface area contributed by atoms with Crippen LogP contribution in [-0.4, -0.2) is 15.5 Å². The molecular formula is C20H17N3O2S. The van der Waals surface area contributed by atoms with Crippen molar-refractivity contribution < 1.29 is 9.53 Å². The lowest BCUT2D eigenvalue weighted by Gasteiger charge is -2.09. The SMILES string of the molecule is O=C(Cn1ccc2c(OCc3ccccc3)cccc21)Nc1nccs1. The molecule has 0 radical (unpaired) electrons. The minimum atomic E-state index is -0.104. The molecule has 0 aliphatic carbocycles. The minimum absolute atomic E-state index is 0.104. The van der Waals surface area contributed by atoms with Gasteiger partial charge < -0.3 is 14.6 Å². The van der Waals surface area contributed by atoms with Gasteiger partial charge in [-0.15, -0.1) is 11.3 Å². The van der Waals surface area contributed by atoms with Crippen molar-refractivity contribution in [3.8, 4) is 5.75 Å². The van der Waals surface area contributed by atoms with Gasteiger partial charge in [-0.1, -0.05) is 36.4 Å². The zero-order valence-corrected chi connectivity index (χ0v) is 14.8. The zero-order valence-electron chi connectivity index (χ0n) is 14.0. The number of thiazole rings is 1. The van der Waals surface area contributed by atoms with Gasteiger partial charge in [0.2, 0.25) is 5.91 Å². The monoisotopic (exact) mass is 363 g/mol. The Balaban J connectivity index is 1.50. The number of rotatable bonds is 6. The highest BCUT2D eigenvalue weighted by atomic mass is 32.1. The standard InChI is InChI=1S/C20H17N3O2S/c24-19(22-20-21-10-12-26-20)13-23-11-9-16-17(23)7-4-8-18(16)25-14-15-5-2-1-3-6-15/h1-12H,13-14H2,(H,21,22,24). The van der Waals surface area contributed by atoms with Crippen LogP contribution in [0.15, 0.2) is 72.4 Å². The molecule has 4 aromatic rings. The number of amides is 1. The van der Waals surface area contributed by atoms with E-state index in [2.05, 4.69) is 10.3 Å². The van der Waals surface area contributed by atoms with Crippen LogP contribution >= 0.6 is 11.3 Å². The number of hydrogen-bond donors (Lipinski definition) is 1. The van der Waals surface area contributed by atoms with E-state index >= 15 is 0 Å². The molecule has 0 atom stereocenters. The molecule has 4 rings (SSSR count). The average molecular weight is 363 g/mol. The number of aromatic nitrogens is 2. The molecule has 0 bridgehead atoms. The van der Waals surface area contributed by atoms with Crippen molar-refractivity contribution in [2.24, 2.45) is 0 Å². The Morgan fingerprint density at radius 3 is 2.81 bits per heavy atom. The van der Waals surface area contributed by atoms with Crippen molar-refractivity contribution in [2.75, 3.05) is 5.32 Å². The molecule has 2 aromatic carbocycles. The van der Waals surface area contributed by atoms with Crippen molar-refractivity contribution in [1.82, 2.24) is 9.55 Å². The van der Waals surface area contributed by atoms with Gasteiger partial charge in [-0.3, -0.25) is 4.79 Å². The fourth-order valence-corrected chi connectivity index (χ4v) is 3.34. The maximum atomic E-state index is 12.2. The number of carbonyl (C=O) groups is 1. The van der Waals surface area contributed by atoms with E-state index in [1.807, 2.05) is 70.7 Å². The highest BCUT2D eigenvalue weighted by Crippen LogP contribution is 2.27. The normalized spacial score (nSPS) is 10.8. The number of fused-ring (bicyclic) bond motifs is 1. The quantitative estimate of drug-likeness (QED) is 0.555. The highest BCUT2D eigenvalue weighted by molar-refractivity contribution is 7.13.